The molecule has 1 aliphatic rings. The molecule has 0 aliphatic carbocycles. The molecule has 19 heavy (non-hydrogen) atoms. The molecule has 0 saturated heterocycles. The van der Waals surface area contributed by atoms with Crippen molar-refractivity contribution in [1.29, 1.82) is 0 Å². The highest BCUT2D eigenvalue weighted by molar-refractivity contribution is 7.99. The van der Waals surface area contributed by atoms with E-state index in [0.29, 0.717) is 18.0 Å². The predicted molar refractivity (Wildman–Crippen MR) is 81.0 cm³/mol. The first kappa shape index (κ1) is 14.6. The monoisotopic (exact) mass is 297 g/mol. The number of benzene rings is 1. The molecule has 104 valence electrons. The van der Waals surface area contributed by atoms with Gasteiger partial charge in [0.05, 0.1) is 4.90 Å². The van der Waals surface area contributed by atoms with Crippen LogP contribution in [-0.4, -0.2) is 37.3 Å². The van der Waals surface area contributed by atoms with Gasteiger partial charge < -0.3 is 0 Å². The van der Waals surface area contributed by atoms with Crippen molar-refractivity contribution in [1.82, 2.24) is 4.31 Å². The van der Waals surface area contributed by atoms with Gasteiger partial charge in [0.25, 0.3) is 0 Å². The van der Waals surface area contributed by atoms with Gasteiger partial charge in [0.1, 0.15) is 0 Å². The quantitative estimate of drug-likeness (QED) is 0.788. The third-order valence-corrected chi connectivity index (χ3v) is 5.93. The molecular weight excluding hydrogens is 278 g/mol. The van der Waals surface area contributed by atoms with E-state index in [1.165, 1.54) is 0 Å². The molecule has 1 aromatic rings. The maximum atomic E-state index is 12.6. The van der Waals surface area contributed by atoms with Crippen LogP contribution in [0.25, 0.3) is 0 Å². The smallest absolute Gasteiger partial charge is 0.207 e. The van der Waals surface area contributed by atoms with Gasteiger partial charge in [-0.3, -0.25) is 0 Å². The first-order valence-electron chi connectivity index (χ1n) is 6.40. The highest BCUT2D eigenvalue weighted by atomic mass is 32.2. The molecule has 0 saturated carbocycles. The normalized spacial score (nSPS) is 20.3. The minimum absolute atomic E-state index is 0.387. The summed E-state index contributed by atoms with van der Waals surface area (Å²) in [7, 11) is -3.36. The summed E-state index contributed by atoms with van der Waals surface area (Å²) in [5.74, 6) is 1.97. The van der Waals surface area contributed by atoms with Gasteiger partial charge in [0, 0.05) is 18.8 Å². The summed E-state index contributed by atoms with van der Waals surface area (Å²) in [5, 5.41) is 0. The minimum atomic E-state index is -3.36. The number of nitrogens with zero attached hydrogens (tertiary/aromatic N) is 1. The number of aryl methyl sites for hydroxylation is 1. The van der Waals surface area contributed by atoms with E-state index in [0.717, 1.165) is 23.5 Å². The zero-order valence-corrected chi connectivity index (χ0v) is 12.7. The van der Waals surface area contributed by atoms with E-state index >= 15 is 0 Å². The zero-order chi connectivity index (χ0) is 13.7. The fourth-order valence-corrected chi connectivity index (χ4v) is 4.13. The van der Waals surface area contributed by atoms with Crippen LogP contribution in [0.2, 0.25) is 0 Å². The van der Waals surface area contributed by atoms with E-state index in [9.17, 15) is 8.42 Å². The van der Waals surface area contributed by atoms with E-state index in [1.54, 1.807) is 16.4 Å². The Morgan fingerprint density at radius 3 is 2.63 bits per heavy atom. The first-order chi connectivity index (χ1) is 9.10. The van der Waals surface area contributed by atoms with Crippen LogP contribution in [0, 0.1) is 6.92 Å². The van der Waals surface area contributed by atoms with Gasteiger partial charge in [-0.1, -0.05) is 29.8 Å². The van der Waals surface area contributed by atoms with Gasteiger partial charge in [-0.2, -0.15) is 16.1 Å². The highest BCUT2D eigenvalue weighted by Gasteiger charge is 2.23. The second-order valence-electron chi connectivity index (χ2n) is 4.58. The fraction of sp³-hybridized carbons (Fsp3) is 0.429. The Morgan fingerprint density at radius 1 is 1.16 bits per heavy atom. The van der Waals surface area contributed by atoms with Crippen LogP contribution in [0.1, 0.15) is 12.0 Å². The zero-order valence-electron chi connectivity index (χ0n) is 11.1. The lowest BCUT2D eigenvalue weighted by Crippen LogP contribution is -2.32. The average molecular weight is 297 g/mol. The van der Waals surface area contributed by atoms with Gasteiger partial charge in [-0.05, 0) is 31.2 Å². The summed E-state index contributed by atoms with van der Waals surface area (Å²) in [6.07, 6.45) is 4.90. The SMILES string of the molecule is Cc1ccc(S(=O)(=O)N2C/C=C\CSCCC2)cc1. The third-order valence-electron chi connectivity index (χ3n) is 3.04. The van der Waals surface area contributed by atoms with E-state index in [2.05, 4.69) is 0 Å². The van der Waals surface area contributed by atoms with E-state index in [-0.39, 0.29) is 0 Å². The maximum Gasteiger partial charge on any atom is 0.243 e. The molecule has 3 nitrogen and oxygen atoms in total. The van der Waals surface area contributed by atoms with Crippen molar-refractivity contribution < 1.29 is 8.42 Å². The van der Waals surface area contributed by atoms with Gasteiger partial charge in [-0.15, -0.1) is 0 Å². The third kappa shape index (κ3) is 3.84. The van der Waals surface area contributed by atoms with Crippen molar-refractivity contribution in [2.24, 2.45) is 0 Å². The Balaban J connectivity index is 2.23. The Morgan fingerprint density at radius 2 is 1.89 bits per heavy atom. The van der Waals surface area contributed by atoms with Crippen LogP contribution >= 0.6 is 11.8 Å². The summed E-state index contributed by atoms with van der Waals surface area (Å²) in [5.41, 5.74) is 1.07. The lowest BCUT2D eigenvalue weighted by molar-refractivity contribution is 0.443. The summed E-state index contributed by atoms with van der Waals surface area (Å²) >= 11 is 1.84. The standard InChI is InChI=1S/C14H19NO2S2/c1-13-5-7-14(8-6-13)19(16,17)15-9-2-3-11-18-12-4-10-15/h2-3,5-8H,4,9-12H2,1H3/b3-2-. The summed E-state index contributed by atoms with van der Waals surface area (Å²) < 4.78 is 26.7. The number of hydrogen-bond acceptors (Lipinski definition) is 3. The largest absolute Gasteiger partial charge is 0.243 e. The molecule has 0 amide bonds. The van der Waals surface area contributed by atoms with Crippen LogP contribution in [0.3, 0.4) is 0 Å². The average Bonchev–Trinajstić information content (AvgIpc) is 2.52. The Hall–Kier alpha value is -0.780. The molecule has 0 spiro atoms. The molecule has 0 fully saturated rings. The van der Waals surface area contributed by atoms with E-state index in [1.807, 2.05) is 43.0 Å². The molecule has 1 aliphatic heterocycles. The molecule has 0 radical (unpaired) electrons. The van der Waals surface area contributed by atoms with Crippen molar-refractivity contribution >= 4 is 21.8 Å². The molecule has 1 aromatic carbocycles. The number of thioether (sulfide) groups is 1. The molecule has 1 heterocycles. The van der Waals surface area contributed by atoms with Crippen molar-refractivity contribution in [2.75, 3.05) is 24.6 Å². The number of sulfonamides is 1. The first-order valence-corrected chi connectivity index (χ1v) is 9.00. The van der Waals surface area contributed by atoms with Gasteiger partial charge >= 0.3 is 0 Å². The molecule has 5 heteroatoms. The van der Waals surface area contributed by atoms with Crippen LogP contribution in [0.5, 0.6) is 0 Å². The van der Waals surface area contributed by atoms with Crippen molar-refractivity contribution in [3.05, 3.63) is 42.0 Å². The molecular formula is C14H19NO2S2. The van der Waals surface area contributed by atoms with Gasteiger partial charge in [-0.25, -0.2) is 8.42 Å². The number of rotatable bonds is 2. The Kier molecular flexibility index (Phi) is 5.07. The van der Waals surface area contributed by atoms with Crippen LogP contribution in [-0.2, 0) is 10.0 Å². The topological polar surface area (TPSA) is 37.4 Å². The highest BCUT2D eigenvalue weighted by Crippen LogP contribution is 2.18. The van der Waals surface area contributed by atoms with Crippen LogP contribution < -0.4 is 0 Å². The van der Waals surface area contributed by atoms with Crippen LogP contribution in [0.4, 0.5) is 0 Å². The predicted octanol–water partition coefficient (Wildman–Crippen LogP) is 2.68. The second-order valence-corrected chi connectivity index (χ2v) is 7.66. The molecule has 0 bridgehead atoms. The van der Waals surface area contributed by atoms with E-state index in [4.69, 9.17) is 0 Å². The van der Waals surface area contributed by atoms with Gasteiger partial charge in [0.2, 0.25) is 10.0 Å². The molecule has 0 aromatic heterocycles. The number of hydrogen-bond donors (Lipinski definition) is 0. The van der Waals surface area contributed by atoms with E-state index < -0.39 is 10.0 Å². The summed E-state index contributed by atoms with van der Waals surface area (Å²) in [4.78, 5) is 0.387. The molecule has 0 unspecified atom stereocenters. The summed E-state index contributed by atoms with van der Waals surface area (Å²) in [6.45, 7) is 3.01. The second kappa shape index (κ2) is 6.59. The van der Waals surface area contributed by atoms with Crippen LogP contribution in [0.15, 0.2) is 41.3 Å². The maximum absolute atomic E-state index is 12.6. The van der Waals surface area contributed by atoms with Crippen molar-refractivity contribution in [3.63, 3.8) is 0 Å². The molecule has 2 rings (SSSR count). The van der Waals surface area contributed by atoms with Crippen molar-refractivity contribution in [3.8, 4) is 0 Å². The molecule has 0 atom stereocenters. The Labute approximate surface area is 119 Å². The summed E-state index contributed by atoms with van der Waals surface area (Å²) in [6, 6.07) is 7.06. The minimum Gasteiger partial charge on any atom is -0.207 e. The fourth-order valence-electron chi connectivity index (χ4n) is 1.92. The van der Waals surface area contributed by atoms with Gasteiger partial charge in [0.15, 0.2) is 0 Å². The van der Waals surface area contributed by atoms with Crippen molar-refractivity contribution in [2.45, 2.75) is 18.2 Å². The Bertz CT molecular complexity index is 535. The molecule has 0 N–H and O–H groups in total. The lowest BCUT2D eigenvalue weighted by atomic mass is 10.2. The lowest BCUT2D eigenvalue weighted by Gasteiger charge is -2.20.